The van der Waals surface area contributed by atoms with E-state index >= 15 is 0 Å². The van der Waals surface area contributed by atoms with Crippen LogP contribution in [0, 0.1) is 22.7 Å². The van der Waals surface area contributed by atoms with Gasteiger partial charge >= 0.3 is 0 Å². The monoisotopic (exact) mass is 708 g/mol. The van der Waals surface area contributed by atoms with E-state index in [2.05, 4.69) is 170 Å². The minimum Gasteiger partial charge on any atom is -0.192 e. The summed E-state index contributed by atoms with van der Waals surface area (Å²) in [6, 6.07) is 72.7. The van der Waals surface area contributed by atoms with E-state index in [-0.39, 0.29) is 0 Å². The lowest BCUT2D eigenvalue weighted by molar-refractivity contribution is 1.48. The van der Waals surface area contributed by atoms with Crippen LogP contribution in [0.5, 0.6) is 0 Å². The molecule has 0 fully saturated rings. The number of benzene rings is 10. The predicted octanol–water partition coefficient (Wildman–Crippen LogP) is 14.3. The van der Waals surface area contributed by atoms with Crippen molar-refractivity contribution in [2.45, 2.75) is 0 Å². The van der Waals surface area contributed by atoms with Gasteiger partial charge in [0.1, 0.15) is 0 Å². The van der Waals surface area contributed by atoms with E-state index in [0.29, 0.717) is 11.1 Å². The van der Waals surface area contributed by atoms with Gasteiger partial charge in [-0.2, -0.15) is 10.5 Å². The molecule has 0 spiro atoms. The second kappa shape index (κ2) is 13.6. The molecule has 0 amide bonds. The Kier molecular flexibility index (Phi) is 7.96. The van der Waals surface area contributed by atoms with Crippen LogP contribution >= 0.6 is 0 Å². The third-order valence-electron chi connectivity index (χ3n) is 11.2. The zero-order valence-corrected chi connectivity index (χ0v) is 30.4. The standard InChI is InChI=1S/C54H32N2/c55-33-37-19-7-9-23-41(37)49-31-51(43-25-13-11-21-39(43)35-15-3-1-4-16-35)47-29-27-46-50(42-24-10-8-20-38(42)34-56)32-52(48-30-28-45(49)53(47)54(46)48)44-26-14-12-22-40(44)36-17-5-2-6-18-36/h1-32H. The molecular weight excluding hydrogens is 677 g/mol. The van der Waals surface area contributed by atoms with Gasteiger partial charge in [0.15, 0.2) is 0 Å². The van der Waals surface area contributed by atoms with Crippen LogP contribution < -0.4 is 0 Å². The van der Waals surface area contributed by atoms with E-state index in [1.54, 1.807) is 0 Å². The Morgan fingerprint density at radius 1 is 0.250 bits per heavy atom. The SMILES string of the molecule is N#Cc1ccccc1-c1cc(-c2ccccc2-c2ccccc2)c2ccc3c(-c4ccccc4C#N)cc(-c4ccccc4-c4ccccc4)c4ccc1c2c34. The Hall–Kier alpha value is -7.78. The summed E-state index contributed by atoms with van der Waals surface area (Å²) < 4.78 is 0. The topological polar surface area (TPSA) is 47.6 Å². The van der Waals surface area contributed by atoms with Crippen LogP contribution in [0.1, 0.15) is 11.1 Å². The molecule has 10 aromatic carbocycles. The molecule has 0 saturated heterocycles. The maximum absolute atomic E-state index is 10.4. The van der Waals surface area contributed by atoms with Crippen LogP contribution in [0.25, 0.3) is 99.1 Å². The van der Waals surface area contributed by atoms with Crippen LogP contribution in [0.2, 0.25) is 0 Å². The molecule has 0 aliphatic carbocycles. The summed E-state index contributed by atoms with van der Waals surface area (Å²) in [5.41, 5.74) is 14.1. The Morgan fingerprint density at radius 3 is 0.893 bits per heavy atom. The molecule has 0 aliphatic heterocycles. The van der Waals surface area contributed by atoms with Gasteiger partial charge in [-0.3, -0.25) is 0 Å². The molecule has 10 rings (SSSR count). The second-order valence-corrected chi connectivity index (χ2v) is 14.2. The van der Waals surface area contributed by atoms with E-state index in [1.165, 1.54) is 0 Å². The third-order valence-corrected chi connectivity index (χ3v) is 11.2. The number of rotatable bonds is 6. The van der Waals surface area contributed by atoms with E-state index < -0.39 is 0 Å². The van der Waals surface area contributed by atoms with Gasteiger partial charge in [0.25, 0.3) is 0 Å². The average Bonchev–Trinajstić information content (AvgIpc) is 3.28. The van der Waals surface area contributed by atoms with Crippen molar-refractivity contribution >= 4 is 32.3 Å². The highest BCUT2D eigenvalue weighted by Gasteiger charge is 2.24. The highest BCUT2D eigenvalue weighted by molar-refractivity contribution is 6.32. The van der Waals surface area contributed by atoms with Crippen molar-refractivity contribution in [3.05, 3.63) is 205 Å². The van der Waals surface area contributed by atoms with Gasteiger partial charge in [-0.15, -0.1) is 0 Å². The first-order valence-electron chi connectivity index (χ1n) is 18.8. The highest BCUT2D eigenvalue weighted by Crippen LogP contribution is 2.50. The minimum atomic E-state index is 0.631. The number of nitriles is 2. The molecule has 0 unspecified atom stereocenters. The highest BCUT2D eigenvalue weighted by atomic mass is 14.3. The van der Waals surface area contributed by atoms with Crippen LogP contribution in [0.15, 0.2) is 194 Å². The lowest BCUT2D eigenvalue weighted by atomic mass is 9.80. The summed E-state index contributed by atoms with van der Waals surface area (Å²) in [5.74, 6) is 0. The average molecular weight is 709 g/mol. The zero-order valence-electron chi connectivity index (χ0n) is 30.4. The summed E-state index contributed by atoms with van der Waals surface area (Å²) in [6.45, 7) is 0. The summed E-state index contributed by atoms with van der Waals surface area (Å²) in [7, 11) is 0. The van der Waals surface area contributed by atoms with E-state index in [9.17, 15) is 10.5 Å². The van der Waals surface area contributed by atoms with Crippen molar-refractivity contribution < 1.29 is 0 Å². The lowest BCUT2D eigenvalue weighted by Gasteiger charge is -2.23. The predicted molar refractivity (Wildman–Crippen MR) is 232 cm³/mol. The molecule has 258 valence electrons. The number of hydrogen-bond acceptors (Lipinski definition) is 2. The van der Waals surface area contributed by atoms with Crippen LogP contribution in [-0.2, 0) is 0 Å². The lowest BCUT2D eigenvalue weighted by Crippen LogP contribution is -1.96. The smallest absolute Gasteiger partial charge is 0.0998 e. The van der Waals surface area contributed by atoms with Gasteiger partial charge in [-0.25, -0.2) is 0 Å². The minimum absolute atomic E-state index is 0.631. The summed E-state index contributed by atoms with van der Waals surface area (Å²) in [5, 5.41) is 27.5. The van der Waals surface area contributed by atoms with Crippen molar-refractivity contribution in [1.82, 2.24) is 0 Å². The van der Waals surface area contributed by atoms with E-state index in [0.717, 1.165) is 99.1 Å². The Bertz CT molecular complexity index is 2980. The Labute approximate surface area is 325 Å². The Balaban J connectivity index is 1.41. The molecule has 2 heteroatoms. The molecular formula is C54H32N2. The third kappa shape index (κ3) is 5.25. The molecule has 0 heterocycles. The molecule has 10 aromatic rings. The van der Waals surface area contributed by atoms with Gasteiger partial charge in [-0.05, 0) is 112 Å². The quantitative estimate of drug-likeness (QED) is 0.161. The molecule has 2 nitrogen and oxygen atoms in total. The molecule has 0 aliphatic rings. The van der Waals surface area contributed by atoms with Crippen molar-refractivity contribution in [3.63, 3.8) is 0 Å². The summed E-state index contributed by atoms with van der Waals surface area (Å²) in [4.78, 5) is 0. The molecule has 0 radical (unpaired) electrons. The largest absolute Gasteiger partial charge is 0.192 e. The molecule has 0 N–H and O–H groups in total. The van der Waals surface area contributed by atoms with Crippen molar-refractivity contribution in [1.29, 1.82) is 10.5 Å². The van der Waals surface area contributed by atoms with Crippen LogP contribution in [-0.4, -0.2) is 0 Å². The molecule has 0 aromatic heterocycles. The maximum Gasteiger partial charge on any atom is 0.0998 e. The summed E-state index contributed by atoms with van der Waals surface area (Å²) in [6.07, 6.45) is 0. The first kappa shape index (κ1) is 32.8. The first-order chi connectivity index (χ1) is 27.7. The fourth-order valence-corrected chi connectivity index (χ4v) is 8.69. The van der Waals surface area contributed by atoms with Crippen molar-refractivity contribution in [3.8, 4) is 78.9 Å². The second-order valence-electron chi connectivity index (χ2n) is 14.2. The van der Waals surface area contributed by atoms with Gasteiger partial charge in [0.05, 0.1) is 23.3 Å². The van der Waals surface area contributed by atoms with Crippen LogP contribution in [0.4, 0.5) is 0 Å². The fraction of sp³-hybridized carbons (Fsp3) is 0. The zero-order chi connectivity index (χ0) is 37.6. The van der Waals surface area contributed by atoms with Crippen LogP contribution in [0.3, 0.4) is 0 Å². The Morgan fingerprint density at radius 2 is 0.536 bits per heavy atom. The maximum atomic E-state index is 10.4. The number of hydrogen-bond donors (Lipinski definition) is 0. The van der Waals surface area contributed by atoms with Gasteiger partial charge in [0.2, 0.25) is 0 Å². The molecule has 0 saturated carbocycles. The normalized spacial score (nSPS) is 11.2. The van der Waals surface area contributed by atoms with Gasteiger partial charge in [0, 0.05) is 11.1 Å². The fourth-order valence-electron chi connectivity index (χ4n) is 8.69. The van der Waals surface area contributed by atoms with Crippen molar-refractivity contribution in [2.24, 2.45) is 0 Å². The van der Waals surface area contributed by atoms with E-state index in [4.69, 9.17) is 0 Å². The molecule has 56 heavy (non-hydrogen) atoms. The van der Waals surface area contributed by atoms with Gasteiger partial charge < -0.3 is 0 Å². The first-order valence-corrected chi connectivity index (χ1v) is 18.8. The molecule has 0 atom stereocenters. The van der Waals surface area contributed by atoms with E-state index in [1.807, 2.05) is 36.4 Å². The van der Waals surface area contributed by atoms with Gasteiger partial charge in [-0.1, -0.05) is 170 Å². The van der Waals surface area contributed by atoms with Crippen molar-refractivity contribution in [2.75, 3.05) is 0 Å². The number of nitrogens with zero attached hydrogens (tertiary/aromatic N) is 2. The summed E-state index contributed by atoms with van der Waals surface area (Å²) >= 11 is 0. The molecule has 0 bridgehead atoms.